The van der Waals surface area contributed by atoms with Crippen LogP contribution in [-0.4, -0.2) is 29.3 Å². The van der Waals surface area contributed by atoms with E-state index in [1.165, 1.54) is 12.8 Å². The quantitative estimate of drug-likeness (QED) is 0.735. The molecule has 1 aliphatic carbocycles. The first-order chi connectivity index (χ1) is 5.99. The minimum atomic E-state index is -1.93. The van der Waals surface area contributed by atoms with Gasteiger partial charge in [0.2, 0.25) is 0 Å². The Morgan fingerprint density at radius 2 is 2.00 bits per heavy atom. The first kappa shape index (κ1) is 11.0. The molecule has 1 aliphatic rings. The summed E-state index contributed by atoms with van der Waals surface area (Å²) in [6.07, 6.45) is 8.12. The van der Waals surface area contributed by atoms with Gasteiger partial charge >= 0.3 is 0 Å². The van der Waals surface area contributed by atoms with Crippen molar-refractivity contribution in [3.63, 3.8) is 0 Å². The first-order valence-corrected chi connectivity index (χ1v) is 7.20. The van der Waals surface area contributed by atoms with Gasteiger partial charge in [0.1, 0.15) is 0 Å². The summed E-state index contributed by atoms with van der Waals surface area (Å²) in [4.78, 5) is 0. The zero-order chi connectivity index (χ0) is 9.90. The molecule has 0 bridgehead atoms. The molecule has 2 atom stereocenters. The Labute approximate surface area is 81.3 Å². The first-order valence-electron chi connectivity index (χ1n) is 4.87. The topological polar surface area (TPSA) is 55.5 Å². The zero-order valence-corrected chi connectivity index (χ0v) is 9.35. The van der Waals surface area contributed by atoms with Gasteiger partial charge in [-0.1, -0.05) is 12.8 Å². The minimum Gasteiger partial charge on any atom is -0.327 e. The number of rotatable bonds is 2. The second-order valence-corrected chi connectivity index (χ2v) is 6.82. The molecular weight excluding hydrogens is 184 g/mol. The van der Waals surface area contributed by atoms with Crippen LogP contribution in [0.15, 0.2) is 4.36 Å². The highest BCUT2D eigenvalue weighted by Gasteiger charge is 2.21. The van der Waals surface area contributed by atoms with Gasteiger partial charge in [0.15, 0.2) is 0 Å². The SMILES string of the molecule is CS(C)(=O)=NCC1CCCCC1N. The Bertz CT molecular complexity index is 261. The van der Waals surface area contributed by atoms with Gasteiger partial charge in [0, 0.05) is 28.3 Å². The third-order valence-electron chi connectivity index (χ3n) is 2.59. The monoisotopic (exact) mass is 204 g/mol. The van der Waals surface area contributed by atoms with Gasteiger partial charge in [-0.2, -0.15) is 0 Å². The van der Waals surface area contributed by atoms with Gasteiger partial charge < -0.3 is 5.73 Å². The van der Waals surface area contributed by atoms with Crippen LogP contribution < -0.4 is 5.73 Å². The van der Waals surface area contributed by atoms with Crippen molar-refractivity contribution in [2.24, 2.45) is 16.0 Å². The van der Waals surface area contributed by atoms with Crippen LogP contribution >= 0.6 is 0 Å². The van der Waals surface area contributed by atoms with E-state index < -0.39 is 9.73 Å². The third-order valence-corrected chi connectivity index (χ3v) is 3.36. The van der Waals surface area contributed by atoms with Crippen LogP contribution in [-0.2, 0) is 9.73 Å². The fourth-order valence-corrected chi connectivity index (χ4v) is 2.29. The van der Waals surface area contributed by atoms with Crippen LogP contribution in [0.4, 0.5) is 0 Å². The van der Waals surface area contributed by atoms with Crippen molar-refractivity contribution in [1.82, 2.24) is 0 Å². The standard InChI is InChI=1S/C9H20N2OS/c1-13(2,12)11-7-8-5-3-4-6-9(8)10/h8-9H,3-7,10H2,1-2H3. The average molecular weight is 204 g/mol. The summed E-state index contributed by atoms with van der Waals surface area (Å²) in [7, 11) is -1.93. The Morgan fingerprint density at radius 3 is 2.54 bits per heavy atom. The second kappa shape index (κ2) is 4.42. The van der Waals surface area contributed by atoms with Crippen LogP contribution in [0.3, 0.4) is 0 Å². The maximum absolute atomic E-state index is 11.3. The van der Waals surface area contributed by atoms with Crippen molar-refractivity contribution in [3.05, 3.63) is 0 Å². The summed E-state index contributed by atoms with van der Waals surface area (Å²) in [6, 6.07) is 0.277. The maximum atomic E-state index is 11.3. The number of nitrogens with two attached hydrogens (primary N) is 1. The van der Waals surface area contributed by atoms with E-state index in [1.807, 2.05) is 0 Å². The molecule has 0 saturated heterocycles. The van der Waals surface area contributed by atoms with Crippen LogP contribution in [0.25, 0.3) is 0 Å². The molecule has 4 heteroatoms. The molecule has 2 unspecified atom stereocenters. The van der Waals surface area contributed by atoms with E-state index in [9.17, 15) is 4.21 Å². The lowest BCUT2D eigenvalue weighted by atomic mass is 9.85. The smallest absolute Gasteiger partial charge is 0.0527 e. The molecule has 3 nitrogen and oxygen atoms in total. The number of hydrogen-bond donors (Lipinski definition) is 1. The number of nitrogens with zero attached hydrogens (tertiary/aromatic N) is 1. The van der Waals surface area contributed by atoms with Crippen LogP contribution in [0.2, 0.25) is 0 Å². The minimum absolute atomic E-state index is 0.277. The van der Waals surface area contributed by atoms with Gasteiger partial charge in [-0.3, -0.25) is 4.21 Å². The molecule has 0 amide bonds. The molecular formula is C9H20N2OS. The fraction of sp³-hybridized carbons (Fsp3) is 1.00. The van der Waals surface area contributed by atoms with Gasteiger partial charge in [-0.25, -0.2) is 4.36 Å². The molecule has 0 aromatic carbocycles. The second-order valence-electron chi connectivity index (χ2n) is 4.20. The highest BCUT2D eigenvalue weighted by Crippen LogP contribution is 2.23. The predicted octanol–water partition coefficient (Wildman–Crippen LogP) is 1.23. The Kier molecular flexibility index (Phi) is 3.74. The van der Waals surface area contributed by atoms with Gasteiger partial charge in [-0.15, -0.1) is 0 Å². The number of hydrogen-bond acceptors (Lipinski definition) is 3. The van der Waals surface area contributed by atoms with E-state index in [-0.39, 0.29) is 6.04 Å². The van der Waals surface area contributed by atoms with Crippen LogP contribution in [0, 0.1) is 5.92 Å². The maximum Gasteiger partial charge on any atom is 0.0527 e. The highest BCUT2D eigenvalue weighted by molar-refractivity contribution is 7.92. The third kappa shape index (κ3) is 4.09. The molecule has 78 valence electrons. The molecule has 0 radical (unpaired) electrons. The average Bonchev–Trinajstić information content (AvgIpc) is 2.01. The van der Waals surface area contributed by atoms with Crippen molar-refractivity contribution in [2.75, 3.05) is 19.1 Å². The highest BCUT2D eigenvalue weighted by atomic mass is 32.2. The summed E-state index contributed by atoms with van der Waals surface area (Å²) in [5.41, 5.74) is 5.96. The molecule has 1 rings (SSSR count). The molecule has 0 aromatic rings. The summed E-state index contributed by atoms with van der Waals surface area (Å²) in [5, 5.41) is 0. The molecule has 0 aromatic heterocycles. The van der Waals surface area contributed by atoms with E-state index in [0.29, 0.717) is 12.5 Å². The summed E-state index contributed by atoms with van der Waals surface area (Å²) in [5.74, 6) is 0.467. The Hall–Kier alpha value is -0.0900. The molecule has 2 N–H and O–H groups in total. The van der Waals surface area contributed by atoms with Crippen molar-refractivity contribution in [1.29, 1.82) is 0 Å². The predicted molar refractivity (Wildman–Crippen MR) is 57.2 cm³/mol. The van der Waals surface area contributed by atoms with Gasteiger partial charge in [-0.05, 0) is 18.8 Å². The molecule has 1 fully saturated rings. The zero-order valence-electron chi connectivity index (χ0n) is 8.53. The summed E-state index contributed by atoms with van der Waals surface area (Å²) < 4.78 is 15.5. The fourth-order valence-electron chi connectivity index (χ4n) is 1.74. The van der Waals surface area contributed by atoms with Gasteiger partial charge in [0.05, 0.1) is 6.54 Å². The lowest BCUT2D eigenvalue weighted by Crippen LogP contribution is -2.34. The van der Waals surface area contributed by atoms with E-state index in [4.69, 9.17) is 5.73 Å². The van der Waals surface area contributed by atoms with Crippen molar-refractivity contribution < 1.29 is 4.21 Å². The molecule has 0 aliphatic heterocycles. The Balaban J connectivity index is 2.48. The Morgan fingerprint density at radius 1 is 1.38 bits per heavy atom. The van der Waals surface area contributed by atoms with Crippen molar-refractivity contribution in [2.45, 2.75) is 31.7 Å². The molecule has 13 heavy (non-hydrogen) atoms. The van der Waals surface area contributed by atoms with E-state index in [0.717, 1.165) is 12.8 Å². The lowest BCUT2D eigenvalue weighted by Gasteiger charge is -2.27. The van der Waals surface area contributed by atoms with Crippen LogP contribution in [0.1, 0.15) is 25.7 Å². The normalized spacial score (nSPS) is 30.1. The molecule has 1 saturated carbocycles. The summed E-state index contributed by atoms with van der Waals surface area (Å²) >= 11 is 0. The van der Waals surface area contributed by atoms with E-state index >= 15 is 0 Å². The van der Waals surface area contributed by atoms with Gasteiger partial charge in [0.25, 0.3) is 0 Å². The van der Waals surface area contributed by atoms with E-state index in [1.54, 1.807) is 12.5 Å². The largest absolute Gasteiger partial charge is 0.327 e. The van der Waals surface area contributed by atoms with Crippen molar-refractivity contribution in [3.8, 4) is 0 Å². The molecule has 0 spiro atoms. The van der Waals surface area contributed by atoms with Crippen molar-refractivity contribution >= 4 is 9.73 Å². The van der Waals surface area contributed by atoms with E-state index in [2.05, 4.69) is 4.36 Å². The molecule has 0 heterocycles. The lowest BCUT2D eigenvalue weighted by molar-refractivity contribution is 0.316. The van der Waals surface area contributed by atoms with Crippen LogP contribution in [0.5, 0.6) is 0 Å². The summed E-state index contributed by atoms with van der Waals surface area (Å²) in [6.45, 7) is 0.688.